The molecule has 14 heavy (non-hydrogen) atoms. The second-order valence-corrected chi connectivity index (χ2v) is 4.74. The monoisotopic (exact) mass is 214 g/mol. The molecule has 5 nitrogen and oxygen atoms in total. The molecule has 1 aromatic heterocycles. The summed E-state index contributed by atoms with van der Waals surface area (Å²) in [7, 11) is -3.43. The number of hydroxylamine groups is 2. The quantitative estimate of drug-likeness (QED) is 0.708. The number of nitrogens with zero attached hydrogens (tertiary/aromatic N) is 2. The number of fused-ring (bicyclic) bond motifs is 1. The molecule has 0 saturated heterocycles. The number of hydrogen-bond acceptors (Lipinski definition) is 5. The summed E-state index contributed by atoms with van der Waals surface area (Å²) in [6.45, 7) is 0.888. The van der Waals surface area contributed by atoms with Crippen molar-refractivity contribution in [1.29, 1.82) is 0 Å². The van der Waals surface area contributed by atoms with Gasteiger partial charge in [0.15, 0.2) is 0 Å². The Hall–Kier alpha value is -0.980. The Kier molecular flexibility index (Phi) is 2.26. The summed E-state index contributed by atoms with van der Waals surface area (Å²) in [4.78, 5) is 4.12. The fourth-order valence-corrected chi connectivity index (χ4v) is 1.90. The van der Waals surface area contributed by atoms with E-state index in [2.05, 4.69) is 4.98 Å². The van der Waals surface area contributed by atoms with E-state index in [0.717, 1.165) is 17.5 Å². The Morgan fingerprint density at radius 3 is 2.93 bits per heavy atom. The molecule has 2 rings (SSSR count). The second-order valence-electron chi connectivity index (χ2n) is 3.19. The lowest BCUT2D eigenvalue weighted by molar-refractivity contribution is -0.0567. The van der Waals surface area contributed by atoms with Gasteiger partial charge in [0.1, 0.15) is 0 Å². The van der Waals surface area contributed by atoms with Gasteiger partial charge in [-0.1, -0.05) is 6.07 Å². The van der Waals surface area contributed by atoms with Gasteiger partial charge in [0, 0.05) is 6.20 Å². The highest BCUT2D eigenvalue weighted by atomic mass is 32.2. The van der Waals surface area contributed by atoms with Crippen LogP contribution < -0.4 is 0 Å². The lowest BCUT2D eigenvalue weighted by atomic mass is 10.2. The third-order valence-corrected chi connectivity index (χ3v) is 2.38. The number of pyridine rings is 1. The summed E-state index contributed by atoms with van der Waals surface area (Å²) in [5.74, 6) is 0. The van der Waals surface area contributed by atoms with Crippen LogP contribution in [0.5, 0.6) is 0 Å². The van der Waals surface area contributed by atoms with Gasteiger partial charge in [-0.3, -0.25) is 4.98 Å². The molecular formula is C8H10N2O3S. The average Bonchev–Trinajstić information content (AvgIpc) is 2.42. The molecule has 0 amide bonds. The van der Waals surface area contributed by atoms with E-state index in [9.17, 15) is 8.42 Å². The maximum Gasteiger partial charge on any atom is 0.280 e. The number of hydrogen-bond donors (Lipinski definition) is 0. The highest BCUT2D eigenvalue weighted by Crippen LogP contribution is 2.20. The summed E-state index contributed by atoms with van der Waals surface area (Å²) < 4.78 is 26.5. The van der Waals surface area contributed by atoms with Gasteiger partial charge in [-0.05, 0) is 11.6 Å². The van der Waals surface area contributed by atoms with E-state index in [1.165, 1.54) is 5.06 Å². The lowest BCUT2D eigenvalue weighted by Crippen LogP contribution is -2.21. The van der Waals surface area contributed by atoms with Crippen LogP contribution in [0, 0.1) is 0 Å². The smallest absolute Gasteiger partial charge is 0.260 e. The van der Waals surface area contributed by atoms with Crippen LogP contribution in [0.4, 0.5) is 0 Å². The summed E-state index contributed by atoms with van der Waals surface area (Å²) in [5, 5.41) is 1.38. The average molecular weight is 214 g/mol. The van der Waals surface area contributed by atoms with E-state index in [4.69, 9.17) is 4.28 Å². The summed E-state index contributed by atoms with van der Waals surface area (Å²) in [5.41, 5.74) is 1.88. The molecule has 6 heteroatoms. The summed E-state index contributed by atoms with van der Waals surface area (Å²) in [6, 6.07) is 3.73. The van der Waals surface area contributed by atoms with Crippen LogP contribution in [-0.2, 0) is 27.5 Å². The zero-order chi connectivity index (χ0) is 10.2. The first-order valence-corrected chi connectivity index (χ1v) is 5.93. The van der Waals surface area contributed by atoms with Crippen molar-refractivity contribution in [2.75, 3.05) is 6.26 Å². The summed E-state index contributed by atoms with van der Waals surface area (Å²) >= 11 is 0. The minimum absolute atomic E-state index is 0.420. The lowest BCUT2D eigenvalue weighted by Gasteiger charge is -2.11. The standard InChI is InChI=1S/C8H10N2O3S/c1-14(11,12)13-10-5-7-3-2-4-9-8(7)6-10/h2-4H,5-6H2,1H3. The maximum atomic E-state index is 10.9. The van der Waals surface area contributed by atoms with E-state index in [-0.39, 0.29) is 0 Å². The fourth-order valence-electron chi connectivity index (χ4n) is 1.41. The number of aromatic nitrogens is 1. The topological polar surface area (TPSA) is 59.5 Å². The Balaban J connectivity index is 2.13. The van der Waals surface area contributed by atoms with E-state index < -0.39 is 10.1 Å². The molecule has 0 spiro atoms. The second kappa shape index (κ2) is 3.30. The minimum atomic E-state index is -3.43. The third kappa shape index (κ3) is 2.09. The molecule has 0 fully saturated rings. The fraction of sp³-hybridized carbons (Fsp3) is 0.375. The Morgan fingerprint density at radius 1 is 1.50 bits per heavy atom. The van der Waals surface area contributed by atoms with Gasteiger partial charge in [-0.2, -0.15) is 17.8 Å². The van der Waals surface area contributed by atoms with Gasteiger partial charge in [-0.15, -0.1) is 0 Å². The molecule has 0 unspecified atom stereocenters. The van der Waals surface area contributed by atoms with Gasteiger partial charge in [0.25, 0.3) is 10.1 Å². The highest BCUT2D eigenvalue weighted by Gasteiger charge is 2.23. The van der Waals surface area contributed by atoms with E-state index in [1.807, 2.05) is 12.1 Å². The molecular weight excluding hydrogens is 204 g/mol. The van der Waals surface area contributed by atoms with Gasteiger partial charge < -0.3 is 0 Å². The zero-order valence-corrected chi connectivity index (χ0v) is 8.49. The van der Waals surface area contributed by atoms with Crippen LogP contribution in [0.15, 0.2) is 18.3 Å². The number of rotatable bonds is 2. The van der Waals surface area contributed by atoms with Crippen LogP contribution in [0.2, 0.25) is 0 Å². The molecule has 0 saturated carbocycles. The van der Waals surface area contributed by atoms with Crippen molar-refractivity contribution < 1.29 is 12.7 Å². The first kappa shape index (κ1) is 9.57. The maximum absolute atomic E-state index is 10.9. The van der Waals surface area contributed by atoms with Crippen LogP contribution in [-0.4, -0.2) is 24.7 Å². The van der Waals surface area contributed by atoms with Crippen molar-refractivity contribution >= 4 is 10.1 Å². The van der Waals surface area contributed by atoms with Gasteiger partial charge >= 0.3 is 0 Å². The van der Waals surface area contributed by atoms with Gasteiger partial charge in [0.05, 0.1) is 25.0 Å². The van der Waals surface area contributed by atoms with Crippen molar-refractivity contribution in [3.63, 3.8) is 0 Å². The molecule has 0 aromatic carbocycles. The summed E-state index contributed by atoms with van der Waals surface area (Å²) in [6.07, 6.45) is 2.71. The molecule has 1 aliphatic rings. The zero-order valence-electron chi connectivity index (χ0n) is 7.67. The Labute approximate surface area is 82.4 Å². The normalized spacial score (nSPS) is 16.9. The van der Waals surface area contributed by atoms with Crippen LogP contribution >= 0.6 is 0 Å². The minimum Gasteiger partial charge on any atom is -0.260 e. The molecule has 0 radical (unpaired) electrons. The van der Waals surface area contributed by atoms with E-state index in [1.54, 1.807) is 6.20 Å². The van der Waals surface area contributed by atoms with Crippen molar-refractivity contribution in [2.45, 2.75) is 13.1 Å². The van der Waals surface area contributed by atoms with Crippen molar-refractivity contribution in [2.24, 2.45) is 0 Å². The molecule has 76 valence electrons. The van der Waals surface area contributed by atoms with Crippen LogP contribution in [0.1, 0.15) is 11.3 Å². The Bertz CT molecular complexity index is 419. The highest BCUT2D eigenvalue weighted by molar-refractivity contribution is 7.85. The molecule has 1 aliphatic heterocycles. The molecule has 1 aromatic rings. The Morgan fingerprint density at radius 2 is 2.29 bits per heavy atom. The largest absolute Gasteiger partial charge is 0.280 e. The van der Waals surface area contributed by atoms with Crippen LogP contribution in [0.3, 0.4) is 0 Å². The van der Waals surface area contributed by atoms with Crippen LogP contribution in [0.25, 0.3) is 0 Å². The SMILES string of the molecule is CS(=O)(=O)ON1Cc2cccnc2C1. The van der Waals surface area contributed by atoms with E-state index in [0.29, 0.717) is 13.1 Å². The molecule has 0 bridgehead atoms. The van der Waals surface area contributed by atoms with Crippen molar-refractivity contribution in [3.8, 4) is 0 Å². The molecule has 0 N–H and O–H groups in total. The first-order chi connectivity index (χ1) is 6.54. The molecule has 0 atom stereocenters. The predicted molar refractivity (Wildman–Crippen MR) is 49.4 cm³/mol. The predicted octanol–water partition coefficient (Wildman–Crippen LogP) is 0.288. The van der Waals surface area contributed by atoms with E-state index >= 15 is 0 Å². The van der Waals surface area contributed by atoms with Crippen molar-refractivity contribution in [1.82, 2.24) is 10.0 Å². The third-order valence-electron chi connectivity index (χ3n) is 1.90. The first-order valence-electron chi connectivity index (χ1n) is 4.12. The van der Waals surface area contributed by atoms with Gasteiger partial charge in [0.2, 0.25) is 0 Å². The van der Waals surface area contributed by atoms with Gasteiger partial charge in [-0.25, -0.2) is 0 Å². The molecule has 0 aliphatic carbocycles. The molecule has 2 heterocycles. The van der Waals surface area contributed by atoms with Crippen molar-refractivity contribution in [3.05, 3.63) is 29.6 Å².